The molecule has 2 aliphatic carbocycles. The summed E-state index contributed by atoms with van der Waals surface area (Å²) in [5.74, 6) is -0.154. The van der Waals surface area contributed by atoms with Crippen LogP contribution in [0.15, 0.2) is 33.4 Å². The molecule has 14 heteroatoms. The van der Waals surface area contributed by atoms with Gasteiger partial charge in [-0.1, -0.05) is 12.2 Å². The Bertz CT molecular complexity index is 1520. The number of carbonyl (C=O) groups excluding carboxylic acids is 4. The average Bonchev–Trinajstić information content (AvgIpc) is 3.45. The van der Waals surface area contributed by atoms with Crippen molar-refractivity contribution in [2.24, 2.45) is 17.8 Å². The molecule has 2 aromatic rings. The number of benzene rings is 1. The normalized spacial score (nSPS) is 29.5. The molecule has 3 aliphatic rings. The summed E-state index contributed by atoms with van der Waals surface area (Å²) in [4.78, 5) is 49.0. The largest absolute Gasteiger partial charge is 0.491 e. The second kappa shape index (κ2) is 14.4. The first-order valence-electron chi connectivity index (χ1n) is 15.2. The standard InChI is InChI=1S/C32H37Br2NO11/c1-15(37)35-12-24(45-32-31(44-18(4)40)30(43-17(3)39)29(42-16(2)38)25(13-36)46-32)26-23(35)11-22(33)28(27(26)34)41-14-21-19-9-7-5-6-8-10-20(19)21/h5-6,11-12,19-21,25,29-32,36H,7-10,13-14H2,1-4H3/b6-5-/t19-,20?,21?,25+,29+,30-,31+,32+/m0/s1. The molecule has 0 radical (unpaired) electrons. The third kappa shape index (κ3) is 7.29. The highest BCUT2D eigenvalue weighted by Gasteiger charge is 2.53. The van der Waals surface area contributed by atoms with Gasteiger partial charge in [0.1, 0.15) is 17.6 Å². The molecule has 1 saturated carbocycles. The second-order valence-electron chi connectivity index (χ2n) is 11.8. The molecule has 0 amide bonds. The van der Waals surface area contributed by atoms with E-state index in [9.17, 15) is 24.3 Å². The van der Waals surface area contributed by atoms with Gasteiger partial charge in [0.05, 0.1) is 39.3 Å². The first-order valence-corrected chi connectivity index (χ1v) is 16.8. The van der Waals surface area contributed by atoms with Crippen molar-refractivity contribution in [1.82, 2.24) is 4.57 Å². The SMILES string of the molecule is CC(=O)O[C@@H]1[C@@H](OC(C)=O)[C@H](Oc2cn(C(C)=O)c3cc(Br)c(OCC4C5CC/C=C\CC[C@@H]54)c(Br)c23)O[C@H](CO)[C@H]1OC(C)=O. The van der Waals surface area contributed by atoms with Crippen LogP contribution >= 0.6 is 31.9 Å². The van der Waals surface area contributed by atoms with Crippen molar-refractivity contribution >= 4 is 66.6 Å². The lowest BCUT2D eigenvalue weighted by molar-refractivity contribution is -0.287. The zero-order valence-corrected chi connectivity index (χ0v) is 29.1. The molecule has 46 heavy (non-hydrogen) atoms. The maximum Gasteiger partial charge on any atom is 0.303 e. The van der Waals surface area contributed by atoms with E-state index < -0.39 is 55.2 Å². The lowest BCUT2D eigenvalue weighted by Crippen LogP contribution is -2.63. The van der Waals surface area contributed by atoms with Crippen molar-refractivity contribution in [3.05, 3.63) is 33.4 Å². The van der Waals surface area contributed by atoms with Crippen LogP contribution in [0.1, 0.15) is 58.2 Å². The van der Waals surface area contributed by atoms with E-state index in [1.165, 1.54) is 17.7 Å². The van der Waals surface area contributed by atoms with Crippen LogP contribution in [-0.4, -0.2) is 77.4 Å². The van der Waals surface area contributed by atoms with Gasteiger partial charge in [-0.2, -0.15) is 0 Å². The van der Waals surface area contributed by atoms with E-state index in [4.69, 9.17) is 28.4 Å². The van der Waals surface area contributed by atoms with E-state index in [1.54, 1.807) is 6.07 Å². The van der Waals surface area contributed by atoms with Gasteiger partial charge in [0.25, 0.3) is 0 Å². The van der Waals surface area contributed by atoms with Gasteiger partial charge < -0.3 is 33.5 Å². The summed E-state index contributed by atoms with van der Waals surface area (Å²) in [5, 5.41) is 10.6. The fraction of sp³-hybridized carbons (Fsp3) is 0.562. The minimum Gasteiger partial charge on any atom is -0.491 e. The minimum absolute atomic E-state index is 0.153. The molecule has 0 spiro atoms. The van der Waals surface area contributed by atoms with E-state index in [2.05, 4.69) is 44.0 Å². The number of nitrogens with zero attached hydrogens (tertiary/aromatic N) is 1. The fourth-order valence-electron chi connectivity index (χ4n) is 6.59. The minimum atomic E-state index is -1.46. The van der Waals surface area contributed by atoms with Crippen LogP contribution < -0.4 is 9.47 Å². The van der Waals surface area contributed by atoms with Crippen molar-refractivity contribution in [2.45, 2.75) is 84.1 Å². The predicted octanol–water partition coefficient (Wildman–Crippen LogP) is 5.09. The lowest BCUT2D eigenvalue weighted by atomic mass is 9.98. The monoisotopic (exact) mass is 769 g/mol. The van der Waals surface area contributed by atoms with Crippen molar-refractivity contribution in [2.75, 3.05) is 13.2 Å². The third-order valence-corrected chi connectivity index (χ3v) is 9.94. The number of allylic oxidation sites excluding steroid dienone is 2. The Kier molecular flexibility index (Phi) is 10.8. The Balaban J connectivity index is 1.50. The Morgan fingerprint density at radius 3 is 2.07 bits per heavy atom. The molecule has 2 fully saturated rings. The Labute approximate surface area is 282 Å². The highest BCUT2D eigenvalue weighted by Crippen LogP contribution is 2.54. The molecule has 12 nitrogen and oxygen atoms in total. The number of halogens is 2. The zero-order valence-electron chi connectivity index (χ0n) is 25.9. The molecule has 250 valence electrons. The van der Waals surface area contributed by atoms with Crippen LogP contribution in [0.3, 0.4) is 0 Å². The molecule has 1 N–H and O–H groups in total. The first-order chi connectivity index (χ1) is 21.9. The molecular weight excluding hydrogens is 734 g/mol. The maximum atomic E-state index is 12.7. The molecule has 8 atom stereocenters. The summed E-state index contributed by atoms with van der Waals surface area (Å²) in [7, 11) is 0. The summed E-state index contributed by atoms with van der Waals surface area (Å²) in [6.07, 6.45) is 3.61. The lowest BCUT2D eigenvalue weighted by Gasteiger charge is -2.43. The van der Waals surface area contributed by atoms with Crippen LogP contribution in [0.4, 0.5) is 0 Å². The molecule has 1 aromatic carbocycles. The van der Waals surface area contributed by atoms with Gasteiger partial charge >= 0.3 is 17.9 Å². The molecule has 1 saturated heterocycles. The Morgan fingerprint density at radius 1 is 0.913 bits per heavy atom. The number of carbonyl (C=O) groups is 4. The van der Waals surface area contributed by atoms with Gasteiger partial charge in [0.2, 0.25) is 18.3 Å². The number of ether oxygens (including phenoxy) is 6. The summed E-state index contributed by atoms with van der Waals surface area (Å²) < 4.78 is 37.5. The van der Waals surface area contributed by atoms with Crippen LogP contribution in [0, 0.1) is 17.8 Å². The molecule has 2 heterocycles. The summed E-state index contributed by atoms with van der Waals surface area (Å²) >= 11 is 7.29. The third-order valence-electron chi connectivity index (χ3n) is 8.60. The number of aromatic nitrogens is 1. The van der Waals surface area contributed by atoms with E-state index in [-0.39, 0.29) is 11.7 Å². The molecule has 0 bridgehead atoms. The van der Waals surface area contributed by atoms with Crippen LogP contribution in [0.5, 0.6) is 11.5 Å². The van der Waals surface area contributed by atoms with Crippen molar-refractivity contribution in [3.8, 4) is 11.5 Å². The molecule has 1 aromatic heterocycles. The highest BCUT2D eigenvalue weighted by molar-refractivity contribution is 9.11. The van der Waals surface area contributed by atoms with Crippen LogP contribution in [0.2, 0.25) is 0 Å². The Hall–Kier alpha value is -2.94. The topological polar surface area (TPSA) is 149 Å². The number of hydrogen-bond donors (Lipinski definition) is 1. The molecule has 2 unspecified atom stereocenters. The number of esters is 3. The number of rotatable bonds is 9. The van der Waals surface area contributed by atoms with Crippen molar-refractivity contribution in [3.63, 3.8) is 0 Å². The van der Waals surface area contributed by atoms with E-state index in [1.807, 2.05) is 0 Å². The zero-order chi connectivity index (χ0) is 33.3. The van der Waals surface area contributed by atoms with Gasteiger partial charge in [-0.3, -0.25) is 23.7 Å². The second-order valence-corrected chi connectivity index (χ2v) is 13.4. The summed E-state index contributed by atoms with van der Waals surface area (Å²) in [5.41, 5.74) is 0.487. The van der Waals surface area contributed by atoms with Crippen LogP contribution in [0.25, 0.3) is 10.9 Å². The maximum absolute atomic E-state index is 12.7. The van der Waals surface area contributed by atoms with Crippen LogP contribution in [-0.2, 0) is 33.3 Å². The van der Waals surface area contributed by atoms with Crippen molar-refractivity contribution < 1.29 is 52.7 Å². The van der Waals surface area contributed by atoms with Gasteiger partial charge in [-0.15, -0.1) is 0 Å². The number of fused-ring (bicyclic) bond motifs is 2. The molecule has 1 aliphatic heterocycles. The number of hydrogen-bond acceptors (Lipinski definition) is 11. The van der Waals surface area contributed by atoms with Crippen molar-refractivity contribution in [1.29, 1.82) is 0 Å². The van der Waals surface area contributed by atoms with Gasteiger partial charge in [0, 0.05) is 27.7 Å². The predicted molar refractivity (Wildman–Crippen MR) is 170 cm³/mol. The first kappa shape index (κ1) is 34.4. The number of aliphatic hydroxyl groups excluding tert-OH is 1. The summed E-state index contributed by atoms with van der Waals surface area (Å²) in [6.45, 7) is 4.71. The van der Waals surface area contributed by atoms with Gasteiger partial charge in [-0.05, 0) is 81.4 Å². The van der Waals surface area contributed by atoms with Gasteiger partial charge in [-0.25, -0.2) is 0 Å². The van der Waals surface area contributed by atoms with E-state index >= 15 is 0 Å². The van der Waals surface area contributed by atoms with E-state index in [0.29, 0.717) is 50.0 Å². The van der Waals surface area contributed by atoms with Gasteiger partial charge in [0.15, 0.2) is 12.2 Å². The number of aliphatic hydroxyl groups is 1. The molecule has 5 rings (SSSR count). The quantitative estimate of drug-likeness (QED) is 0.207. The average molecular weight is 771 g/mol. The van der Waals surface area contributed by atoms with E-state index in [0.717, 1.165) is 46.5 Å². The highest BCUT2D eigenvalue weighted by atomic mass is 79.9. The summed E-state index contributed by atoms with van der Waals surface area (Å²) in [6, 6.07) is 1.75. The fourth-order valence-corrected chi connectivity index (χ4v) is 8.11. The smallest absolute Gasteiger partial charge is 0.303 e. The Morgan fingerprint density at radius 2 is 1.50 bits per heavy atom. The molecular formula is C32H37Br2NO11.